The van der Waals surface area contributed by atoms with Crippen LogP contribution in [0.2, 0.25) is 0 Å². The Morgan fingerprint density at radius 1 is 1.10 bits per heavy atom. The van der Waals surface area contributed by atoms with Gasteiger partial charge in [-0.25, -0.2) is 18.2 Å². The minimum atomic E-state index is -3.59. The van der Waals surface area contributed by atoms with Crippen molar-refractivity contribution in [3.63, 3.8) is 0 Å². The fourth-order valence-electron chi connectivity index (χ4n) is 3.15. The largest absolute Gasteiger partial charge is 0.456 e. The first-order valence-corrected chi connectivity index (χ1v) is 12.5. The number of rotatable bonds is 6. The molecule has 9 heteroatoms. The Labute approximate surface area is 177 Å². The third kappa shape index (κ3) is 4.58. The number of thiazole rings is 1. The SMILES string of the molecule is O=C(OCc1csc(-c2cccs2)n1)c1cccc(S(=O)(=O)N2CCCCC2)c1. The third-order valence-corrected chi connectivity index (χ3v) is 8.48. The molecule has 1 saturated heterocycles. The number of hydrogen-bond acceptors (Lipinski definition) is 7. The van der Waals surface area contributed by atoms with Gasteiger partial charge < -0.3 is 4.74 Å². The van der Waals surface area contributed by atoms with Crippen LogP contribution in [0.4, 0.5) is 0 Å². The number of esters is 1. The Balaban J connectivity index is 1.43. The molecule has 3 aromatic rings. The average molecular weight is 449 g/mol. The molecule has 0 aliphatic carbocycles. The van der Waals surface area contributed by atoms with E-state index in [9.17, 15) is 13.2 Å². The summed E-state index contributed by atoms with van der Waals surface area (Å²) in [5.41, 5.74) is 0.889. The minimum Gasteiger partial charge on any atom is -0.456 e. The topological polar surface area (TPSA) is 76.6 Å². The average Bonchev–Trinajstić information content (AvgIpc) is 3.44. The molecule has 0 amide bonds. The molecule has 0 unspecified atom stereocenters. The number of carbonyl (C=O) groups excluding carboxylic acids is 1. The van der Waals surface area contributed by atoms with E-state index in [4.69, 9.17) is 4.74 Å². The lowest BCUT2D eigenvalue weighted by molar-refractivity contribution is 0.0468. The van der Waals surface area contributed by atoms with Crippen molar-refractivity contribution in [2.75, 3.05) is 13.1 Å². The van der Waals surface area contributed by atoms with Crippen molar-refractivity contribution in [1.82, 2.24) is 9.29 Å². The molecule has 152 valence electrons. The number of ether oxygens (including phenoxy) is 1. The molecule has 0 saturated carbocycles. The van der Waals surface area contributed by atoms with Crippen molar-refractivity contribution in [2.24, 2.45) is 0 Å². The molecule has 0 bridgehead atoms. The predicted molar refractivity (Wildman–Crippen MR) is 114 cm³/mol. The summed E-state index contributed by atoms with van der Waals surface area (Å²) < 4.78 is 32.5. The van der Waals surface area contributed by atoms with Gasteiger partial charge in [0.1, 0.15) is 11.6 Å². The van der Waals surface area contributed by atoms with Crippen molar-refractivity contribution >= 4 is 38.7 Å². The quantitative estimate of drug-likeness (QED) is 0.522. The molecule has 0 spiro atoms. The first kappa shape index (κ1) is 20.2. The van der Waals surface area contributed by atoms with Crippen LogP contribution in [0, 0.1) is 0 Å². The van der Waals surface area contributed by atoms with Crippen LogP contribution in [0.3, 0.4) is 0 Å². The van der Waals surface area contributed by atoms with Crippen molar-refractivity contribution in [3.05, 3.63) is 58.4 Å². The molecule has 3 heterocycles. The summed E-state index contributed by atoms with van der Waals surface area (Å²) in [4.78, 5) is 18.1. The molecule has 0 N–H and O–H groups in total. The highest BCUT2D eigenvalue weighted by Crippen LogP contribution is 2.28. The second kappa shape index (κ2) is 8.74. The Kier molecular flexibility index (Phi) is 6.09. The number of thiophene rings is 1. The molecule has 29 heavy (non-hydrogen) atoms. The van der Waals surface area contributed by atoms with Crippen molar-refractivity contribution < 1.29 is 17.9 Å². The lowest BCUT2D eigenvalue weighted by atomic mass is 10.2. The zero-order valence-electron chi connectivity index (χ0n) is 15.6. The van der Waals surface area contributed by atoms with Crippen LogP contribution < -0.4 is 0 Å². The molecule has 2 aromatic heterocycles. The summed E-state index contributed by atoms with van der Waals surface area (Å²) in [7, 11) is -3.59. The third-order valence-electron chi connectivity index (χ3n) is 4.66. The Bertz CT molecular complexity index is 1080. The molecule has 0 atom stereocenters. The van der Waals surface area contributed by atoms with Gasteiger partial charge in [0.15, 0.2) is 0 Å². The van der Waals surface area contributed by atoms with E-state index in [0.717, 1.165) is 29.1 Å². The van der Waals surface area contributed by atoms with E-state index in [2.05, 4.69) is 4.98 Å². The number of nitrogens with zero attached hydrogens (tertiary/aromatic N) is 2. The van der Waals surface area contributed by atoms with Crippen LogP contribution >= 0.6 is 22.7 Å². The summed E-state index contributed by atoms with van der Waals surface area (Å²) in [6.07, 6.45) is 2.77. The maximum Gasteiger partial charge on any atom is 0.338 e. The van der Waals surface area contributed by atoms with Gasteiger partial charge in [0, 0.05) is 18.5 Å². The Hall–Kier alpha value is -2.07. The van der Waals surface area contributed by atoms with Crippen LogP contribution in [-0.2, 0) is 21.4 Å². The highest BCUT2D eigenvalue weighted by molar-refractivity contribution is 7.89. The normalized spacial score (nSPS) is 15.3. The van der Waals surface area contributed by atoms with Crippen LogP contribution in [0.25, 0.3) is 9.88 Å². The van der Waals surface area contributed by atoms with E-state index in [0.29, 0.717) is 18.8 Å². The second-order valence-corrected chi connectivity index (χ2v) is 10.4. The summed E-state index contributed by atoms with van der Waals surface area (Å²) in [5.74, 6) is -0.564. The molecule has 6 nitrogen and oxygen atoms in total. The maximum atomic E-state index is 12.8. The van der Waals surface area contributed by atoms with Gasteiger partial charge in [-0.2, -0.15) is 4.31 Å². The molecule has 1 aromatic carbocycles. The van der Waals surface area contributed by atoms with Crippen LogP contribution in [0.1, 0.15) is 35.3 Å². The fraction of sp³-hybridized carbons (Fsp3) is 0.300. The molecule has 1 fully saturated rings. The van der Waals surface area contributed by atoms with Gasteiger partial charge >= 0.3 is 5.97 Å². The molecule has 1 aliphatic rings. The lowest BCUT2D eigenvalue weighted by Gasteiger charge is -2.25. The standard InChI is InChI=1S/C20H20N2O4S3/c23-20(26-13-16-14-28-19(21-16)18-8-5-11-27-18)15-6-4-7-17(12-15)29(24,25)22-9-2-1-3-10-22/h4-8,11-12,14H,1-3,9-10,13H2. The van der Waals surface area contributed by atoms with Crippen molar-refractivity contribution in [3.8, 4) is 9.88 Å². The van der Waals surface area contributed by atoms with Gasteiger partial charge in [-0.05, 0) is 42.5 Å². The zero-order valence-corrected chi connectivity index (χ0v) is 18.1. The smallest absolute Gasteiger partial charge is 0.338 e. The van der Waals surface area contributed by atoms with E-state index in [1.165, 1.54) is 27.8 Å². The van der Waals surface area contributed by atoms with Crippen LogP contribution in [0.5, 0.6) is 0 Å². The number of carbonyl (C=O) groups is 1. The predicted octanol–water partition coefficient (Wildman–Crippen LogP) is 4.40. The highest BCUT2D eigenvalue weighted by atomic mass is 32.2. The summed E-state index contributed by atoms with van der Waals surface area (Å²) in [5, 5.41) is 4.74. The summed E-state index contributed by atoms with van der Waals surface area (Å²) >= 11 is 3.10. The number of hydrogen-bond donors (Lipinski definition) is 0. The van der Waals surface area contributed by atoms with Gasteiger partial charge in [-0.1, -0.05) is 18.6 Å². The minimum absolute atomic E-state index is 0.0454. The lowest BCUT2D eigenvalue weighted by Crippen LogP contribution is -2.35. The van der Waals surface area contributed by atoms with E-state index in [1.54, 1.807) is 23.5 Å². The number of aromatic nitrogens is 1. The summed E-state index contributed by atoms with van der Waals surface area (Å²) in [6.45, 7) is 1.09. The first-order valence-electron chi connectivity index (χ1n) is 9.30. The van der Waals surface area contributed by atoms with Crippen molar-refractivity contribution in [2.45, 2.75) is 30.8 Å². The molecule has 4 rings (SSSR count). The molecular weight excluding hydrogens is 428 g/mol. The van der Waals surface area contributed by atoms with Gasteiger partial charge in [0.05, 0.1) is 21.0 Å². The highest BCUT2D eigenvalue weighted by Gasteiger charge is 2.26. The molecule has 1 aliphatic heterocycles. The van der Waals surface area contributed by atoms with Gasteiger partial charge in [-0.15, -0.1) is 22.7 Å². The van der Waals surface area contributed by atoms with Gasteiger partial charge in [0.2, 0.25) is 10.0 Å². The van der Waals surface area contributed by atoms with E-state index in [1.807, 2.05) is 22.9 Å². The first-order chi connectivity index (χ1) is 14.0. The van der Waals surface area contributed by atoms with Gasteiger partial charge in [0.25, 0.3) is 0 Å². The fourth-order valence-corrected chi connectivity index (χ4v) is 6.33. The Morgan fingerprint density at radius 2 is 1.93 bits per heavy atom. The summed E-state index contributed by atoms with van der Waals surface area (Å²) in [6, 6.07) is 10.0. The maximum absolute atomic E-state index is 12.8. The van der Waals surface area contributed by atoms with Gasteiger partial charge in [-0.3, -0.25) is 0 Å². The monoisotopic (exact) mass is 448 g/mol. The van der Waals surface area contributed by atoms with E-state index < -0.39 is 16.0 Å². The zero-order chi connectivity index (χ0) is 20.3. The van der Waals surface area contributed by atoms with Crippen LogP contribution in [-0.4, -0.2) is 36.8 Å². The van der Waals surface area contributed by atoms with Crippen molar-refractivity contribution in [1.29, 1.82) is 0 Å². The molecular formula is C20H20N2O4S3. The number of sulfonamides is 1. The number of piperidine rings is 1. The Morgan fingerprint density at radius 3 is 2.69 bits per heavy atom. The number of benzene rings is 1. The molecule has 0 radical (unpaired) electrons. The van der Waals surface area contributed by atoms with E-state index >= 15 is 0 Å². The van der Waals surface area contributed by atoms with E-state index in [-0.39, 0.29) is 17.1 Å². The van der Waals surface area contributed by atoms with Crippen LogP contribution in [0.15, 0.2) is 52.1 Å². The second-order valence-electron chi connectivity index (χ2n) is 6.69.